The second-order valence-corrected chi connectivity index (χ2v) is 11.5. The Bertz CT molecular complexity index is 1430. The zero-order valence-electron chi connectivity index (χ0n) is 22.0. The van der Waals surface area contributed by atoms with Crippen LogP contribution >= 0.6 is 12.2 Å². The first-order valence-electron chi connectivity index (χ1n) is 12.5. The third kappa shape index (κ3) is 5.74. The lowest BCUT2D eigenvalue weighted by Crippen LogP contribution is -2.74. The number of anilines is 1. The normalized spacial score (nSPS) is 16.1. The molecule has 2 aliphatic heterocycles. The number of amides is 1. The third-order valence-electron chi connectivity index (χ3n) is 6.63. The van der Waals surface area contributed by atoms with Crippen LogP contribution < -0.4 is 4.90 Å². The lowest BCUT2D eigenvalue weighted by molar-refractivity contribution is -0.0884. The summed E-state index contributed by atoms with van der Waals surface area (Å²) in [4.78, 5) is 17.5. The molecule has 3 aromatic rings. The van der Waals surface area contributed by atoms with Gasteiger partial charge in [0.15, 0.2) is 5.11 Å². The monoisotopic (exact) mass is 577 g/mol. The van der Waals surface area contributed by atoms with E-state index in [-0.39, 0.29) is 35.1 Å². The van der Waals surface area contributed by atoms with Gasteiger partial charge in [-0.25, -0.2) is 13.6 Å². The molecule has 0 saturated carbocycles. The maximum Gasteiger partial charge on any atom is 0.410 e. The van der Waals surface area contributed by atoms with E-state index < -0.39 is 29.6 Å². The van der Waals surface area contributed by atoms with Crippen molar-refractivity contribution in [2.45, 2.75) is 39.3 Å². The van der Waals surface area contributed by atoms with Gasteiger partial charge in [0.05, 0.1) is 6.54 Å². The fourth-order valence-corrected chi connectivity index (χ4v) is 5.12. The van der Waals surface area contributed by atoms with Gasteiger partial charge in [-0.15, -0.1) is 10.2 Å². The van der Waals surface area contributed by atoms with Gasteiger partial charge in [0, 0.05) is 48.4 Å². The van der Waals surface area contributed by atoms with Crippen molar-refractivity contribution in [1.82, 2.24) is 20.0 Å². The van der Waals surface area contributed by atoms with E-state index in [4.69, 9.17) is 21.4 Å². The number of thiocarbonyl (C=S) groups is 1. The summed E-state index contributed by atoms with van der Waals surface area (Å²) in [7, 11) is 0. The van der Waals surface area contributed by atoms with Crippen molar-refractivity contribution >= 4 is 29.1 Å². The predicted molar refractivity (Wildman–Crippen MR) is 142 cm³/mol. The van der Waals surface area contributed by atoms with Crippen LogP contribution in [-0.2, 0) is 11.3 Å². The van der Waals surface area contributed by atoms with E-state index in [0.717, 1.165) is 6.07 Å². The third-order valence-corrected chi connectivity index (χ3v) is 7.11. The lowest BCUT2D eigenvalue weighted by atomic mass is 9.73. The molecule has 2 fully saturated rings. The molecule has 0 radical (unpaired) electrons. The molecule has 1 aromatic heterocycles. The van der Waals surface area contributed by atoms with Crippen molar-refractivity contribution in [3.8, 4) is 11.5 Å². The Morgan fingerprint density at radius 1 is 1.10 bits per heavy atom. The Hall–Kier alpha value is -3.74. The van der Waals surface area contributed by atoms with Gasteiger partial charge in [-0.3, -0.25) is 0 Å². The number of carbonyl (C=O) groups excluding carboxylic acids is 1. The zero-order chi connectivity index (χ0) is 28.8. The predicted octanol–water partition coefficient (Wildman–Crippen LogP) is 5.80. The van der Waals surface area contributed by atoms with Crippen molar-refractivity contribution < 1.29 is 31.5 Å². The van der Waals surface area contributed by atoms with Crippen LogP contribution in [-0.4, -0.2) is 63.0 Å². The number of aromatic nitrogens is 2. The largest absolute Gasteiger partial charge is 0.444 e. The minimum Gasteiger partial charge on any atom is -0.444 e. The van der Waals surface area contributed by atoms with Crippen LogP contribution in [0.5, 0.6) is 0 Å². The molecule has 1 amide bonds. The average Bonchev–Trinajstić information content (AvgIpc) is 3.31. The summed E-state index contributed by atoms with van der Waals surface area (Å²) >= 11 is 5.77. The molecule has 5 rings (SSSR count). The van der Waals surface area contributed by atoms with Crippen molar-refractivity contribution in [2.75, 3.05) is 31.1 Å². The maximum atomic E-state index is 15.2. The van der Waals surface area contributed by atoms with Gasteiger partial charge in [0.25, 0.3) is 5.89 Å². The first-order valence-corrected chi connectivity index (χ1v) is 12.9. The fourth-order valence-electron chi connectivity index (χ4n) is 4.82. The molecule has 1 spiro atoms. The summed E-state index contributed by atoms with van der Waals surface area (Å²) in [6, 6.07) is 9.89. The Morgan fingerprint density at radius 2 is 1.80 bits per heavy atom. The fraction of sp³-hybridized carbons (Fsp3) is 0.407. The molecule has 8 nitrogen and oxygen atoms in total. The molecular weight excluding hydrogens is 550 g/mol. The molecule has 0 unspecified atom stereocenters. The molecule has 2 aliphatic rings. The van der Waals surface area contributed by atoms with Gasteiger partial charge in [0.1, 0.15) is 17.2 Å². The topological polar surface area (TPSA) is 74.9 Å². The van der Waals surface area contributed by atoms with Crippen LogP contribution in [0.2, 0.25) is 0 Å². The van der Waals surface area contributed by atoms with Crippen molar-refractivity contribution in [3.05, 3.63) is 65.6 Å². The van der Waals surface area contributed by atoms with Crippen LogP contribution in [0, 0.1) is 17.0 Å². The highest BCUT2D eigenvalue weighted by Crippen LogP contribution is 2.41. The summed E-state index contributed by atoms with van der Waals surface area (Å²) in [6.07, 6.45) is -3.29. The molecule has 13 heteroatoms. The number of hydrogen-bond acceptors (Lipinski definition) is 6. The van der Waals surface area contributed by atoms with Crippen molar-refractivity contribution in [2.24, 2.45) is 5.41 Å². The van der Waals surface area contributed by atoms with Gasteiger partial charge in [0.2, 0.25) is 5.89 Å². The van der Waals surface area contributed by atoms with Gasteiger partial charge < -0.3 is 23.9 Å². The zero-order valence-corrected chi connectivity index (χ0v) is 22.9. The maximum absolute atomic E-state index is 15.2. The molecule has 2 aromatic carbocycles. The second kappa shape index (κ2) is 10.3. The minimum atomic E-state index is -2.94. The number of rotatable bonds is 5. The molecular formula is C27H27F4N5O3S. The second-order valence-electron chi connectivity index (χ2n) is 11.1. The van der Waals surface area contributed by atoms with Crippen molar-refractivity contribution in [1.29, 1.82) is 0 Å². The number of carbonyl (C=O) groups is 1. The number of likely N-dealkylation sites (tertiary alicyclic amines) is 2. The molecule has 2 saturated heterocycles. The number of nitrogens with zero attached hydrogens (tertiary/aromatic N) is 5. The van der Waals surface area contributed by atoms with E-state index in [1.165, 1.54) is 30.3 Å². The van der Waals surface area contributed by atoms with Gasteiger partial charge in [-0.05, 0) is 63.3 Å². The molecule has 0 atom stereocenters. The lowest BCUT2D eigenvalue weighted by Gasteiger charge is -2.61. The Kier molecular flexibility index (Phi) is 7.19. The quantitative estimate of drug-likeness (QED) is 0.279. The Labute approximate surface area is 233 Å². The first kappa shape index (κ1) is 27.8. The van der Waals surface area contributed by atoms with E-state index in [1.54, 1.807) is 15.9 Å². The molecule has 3 heterocycles. The van der Waals surface area contributed by atoms with Gasteiger partial charge >= 0.3 is 12.5 Å². The van der Waals surface area contributed by atoms with Crippen LogP contribution in [0.3, 0.4) is 0 Å². The number of alkyl halides is 2. The molecule has 0 bridgehead atoms. The highest BCUT2D eigenvalue weighted by molar-refractivity contribution is 7.80. The summed E-state index contributed by atoms with van der Waals surface area (Å²) in [5, 5.41) is 7.20. The van der Waals surface area contributed by atoms with Crippen LogP contribution in [0.1, 0.15) is 38.7 Å². The molecule has 212 valence electrons. The van der Waals surface area contributed by atoms with E-state index >= 15 is 4.39 Å². The summed E-state index contributed by atoms with van der Waals surface area (Å²) in [5.74, 6) is -2.20. The number of hydrogen-bond donors (Lipinski definition) is 0. The van der Waals surface area contributed by atoms with E-state index in [1.807, 2.05) is 25.7 Å². The number of benzene rings is 2. The number of ether oxygens (including phenoxy) is 1. The SMILES string of the molecule is CC(C)(C)OC(=O)N1CC2(C1)CN(C(=S)N(Cc1ccc(-c3nnc(C(F)F)o3)cc1F)c1cccc(F)c1)C2. The van der Waals surface area contributed by atoms with Crippen molar-refractivity contribution in [3.63, 3.8) is 0 Å². The van der Waals surface area contributed by atoms with Crippen LogP contribution in [0.15, 0.2) is 46.9 Å². The summed E-state index contributed by atoms with van der Waals surface area (Å²) in [5.41, 5.74) is 0.134. The average molecular weight is 578 g/mol. The van der Waals surface area contributed by atoms with E-state index in [2.05, 4.69) is 10.2 Å². The first-order chi connectivity index (χ1) is 18.8. The van der Waals surface area contributed by atoms with Gasteiger partial charge in [-0.2, -0.15) is 8.78 Å². The Balaban J connectivity index is 1.29. The molecule has 0 N–H and O–H groups in total. The molecule has 40 heavy (non-hydrogen) atoms. The molecule has 0 aliphatic carbocycles. The van der Waals surface area contributed by atoms with Gasteiger partial charge in [-0.1, -0.05) is 12.1 Å². The highest BCUT2D eigenvalue weighted by atomic mass is 32.1. The van der Waals surface area contributed by atoms with E-state index in [9.17, 15) is 18.0 Å². The minimum absolute atomic E-state index is 0.0198. The highest BCUT2D eigenvalue weighted by Gasteiger charge is 2.55. The van der Waals surface area contributed by atoms with Crippen LogP contribution in [0.25, 0.3) is 11.5 Å². The summed E-state index contributed by atoms with van der Waals surface area (Å²) in [6.45, 7) is 7.68. The standard InChI is InChI=1S/C27H27F4N5O3S/c1-26(2,3)39-25(37)35-14-27(15-35)12-34(13-27)24(40)36(19-6-4-5-18(28)10-19)11-17-8-7-16(9-20(17)29)22-32-33-23(38-22)21(30)31/h4-10,21H,11-15H2,1-3H3. The Morgan fingerprint density at radius 3 is 2.40 bits per heavy atom. The van der Waals surface area contributed by atoms with E-state index in [0.29, 0.717) is 37.0 Å². The number of halogens is 4. The van der Waals surface area contributed by atoms with Crippen LogP contribution in [0.4, 0.5) is 28.0 Å². The smallest absolute Gasteiger partial charge is 0.410 e. The summed E-state index contributed by atoms with van der Waals surface area (Å²) < 4.78 is 65.3.